The highest BCUT2D eigenvalue weighted by atomic mass is 16.1. The van der Waals surface area contributed by atoms with Crippen LogP contribution in [0.1, 0.15) is 42.6 Å². The highest BCUT2D eigenvalue weighted by Crippen LogP contribution is 2.39. The Balaban J connectivity index is 1.63. The highest BCUT2D eigenvalue weighted by molar-refractivity contribution is 5.90. The van der Waals surface area contributed by atoms with Gasteiger partial charge in [0.1, 0.15) is 5.82 Å². The number of aromatic nitrogens is 3. The number of rotatable bonds is 5. The van der Waals surface area contributed by atoms with Crippen LogP contribution in [-0.2, 0) is 24.7 Å². The molecule has 5 heteroatoms. The molecule has 1 aliphatic carbocycles. The Kier molecular flexibility index (Phi) is 3.73. The second-order valence-corrected chi connectivity index (χ2v) is 5.61. The van der Waals surface area contributed by atoms with Gasteiger partial charge in [0.15, 0.2) is 0 Å². The average molecular weight is 284 g/mol. The van der Waals surface area contributed by atoms with Gasteiger partial charge in [0.25, 0.3) is 0 Å². The van der Waals surface area contributed by atoms with Crippen LogP contribution < -0.4 is 5.32 Å². The molecule has 1 aliphatic rings. The van der Waals surface area contributed by atoms with Crippen molar-refractivity contribution >= 4 is 11.9 Å². The van der Waals surface area contributed by atoms with Crippen LogP contribution in [0.25, 0.3) is 0 Å². The molecular formula is C16H20N4O. The van der Waals surface area contributed by atoms with Crippen molar-refractivity contribution < 1.29 is 4.79 Å². The maximum Gasteiger partial charge on any atom is 0.231 e. The van der Waals surface area contributed by atoms with E-state index in [1.165, 1.54) is 18.4 Å². The zero-order valence-electron chi connectivity index (χ0n) is 12.5. The van der Waals surface area contributed by atoms with Crippen LogP contribution in [0.4, 0.5) is 5.95 Å². The number of nitrogens with zero attached hydrogens (tertiary/aromatic N) is 3. The van der Waals surface area contributed by atoms with Gasteiger partial charge in [-0.15, -0.1) is 10.2 Å². The fourth-order valence-electron chi connectivity index (χ4n) is 2.39. The van der Waals surface area contributed by atoms with E-state index in [4.69, 9.17) is 0 Å². The summed E-state index contributed by atoms with van der Waals surface area (Å²) in [6.45, 7) is 2.12. The van der Waals surface area contributed by atoms with E-state index < -0.39 is 0 Å². The van der Waals surface area contributed by atoms with Gasteiger partial charge in [-0.25, -0.2) is 0 Å². The van der Waals surface area contributed by atoms with Gasteiger partial charge in [0, 0.05) is 13.0 Å². The van der Waals surface area contributed by atoms with Crippen molar-refractivity contribution in [3.63, 3.8) is 0 Å². The van der Waals surface area contributed by atoms with Gasteiger partial charge in [0.05, 0.1) is 6.42 Å². The average Bonchev–Trinajstić information content (AvgIpc) is 3.26. The molecule has 1 amide bonds. The number of carbonyl (C=O) groups excluding carboxylic acids is 1. The van der Waals surface area contributed by atoms with E-state index >= 15 is 0 Å². The molecule has 2 aromatic rings. The number of hydrogen-bond acceptors (Lipinski definition) is 3. The van der Waals surface area contributed by atoms with Crippen LogP contribution in [0.5, 0.6) is 0 Å². The molecule has 1 aromatic heterocycles. The van der Waals surface area contributed by atoms with Crippen molar-refractivity contribution in [2.45, 2.75) is 38.5 Å². The topological polar surface area (TPSA) is 59.8 Å². The minimum absolute atomic E-state index is 0.0582. The van der Waals surface area contributed by atoms with Gasteiger partial charge in [-0.2, -0.15) is 0 Å². The zero-order chi connectivity index (χ0) is 14.8. The fourth-order valence-corrected chi connectivity index (χ4v) is 2.39. The first kappa shape index (κ1) is 13.8. The van der Waals surface area contributed by atoms with E-state index in [0.29, 0.717) is 18.3 Å². The molecule has 0 aliphatic heterocycles. The summed E-state index contributed by atoms with van der Waals surface area (Å²) in [4.78, 5) is 12.1. The van der Waals surface area contributed by atoms with Gasteiger partial charge >= 0.3 is 0 Å². The number of amides is 1. The van der Waals surface area contributed by atoms with Gasteiger partial charge < -0.3 is 4.57 Å². The molecular weight excluding hydrogens is 264 g/mol. The summed E-state index contributed by atoms with van der Waals surface area (Å²) in [5.74, 6) is 1.97. The maximum atomic E-state index is 12.1. The third-order valence-electron chi connectivity index (χ3n) is 3.90. The maximum absolute atomic E-state index is 12.1. The molecule has 0 unspecified atom stereocenters. The van der Waals surface area contributed by atoms with E-state index in [-0.39, 0.29) is 5.91 Å². The monoisotopic (exact) mass is 284 g/mol. The lowest BCUT2D eigenvalue weighted by Crippen LogP contribution is -2.17. The second-order valence-electron chi connectivity index (χ2n) is 5.61. The van der Waals surface area contributed by atoms with E-state index in [2.05, 4.69) is 34.6 Å². The standard InChI is InChI=1S/C16H20N4O/c1-3-11-4-6-12(7-5-11)10-14(21)17-16-19-18-15(20(16)2)13-8-9-13/h4-7,13H,3,8-10H2,1-2H3,(H,17,19,21). The van der Waals surface area contributed by atoms with Crippen molar-refractivity contribution in [1.29, 1.82) is 0 Å². The lowest BCUT2D eigenvalue weighted by molar-refractivity contribution is -0.115. The number of hydrogen-bond donors (Lipinski definition) is 1. The molecule has 110 valence electrons. The van der Waals surface area contributed by atoms with Crippen molar-refractivity contribution in [1.82, 2.24) is 14.8 Å². The van der Waals surface area contributed by atoms with Crippen molar-refractivity contribution in [2.75, 3.05) is 5.32 Å². The molecule has 0 atom stereocenters. The van der Waals surface area contributed by atoms with E-state index in [0.717, 1.165) is 17.8 Å². The van der Waals surface area contributed by atoms with E-state index in [1.807, 2.05) is 23.7 Å². The highest BCUT2D eigenvalue weighted by Gasteiger charge is 2.29. The van der Waals surface area contributed by atoms with Gasteiger partial charge in [0.2, 0.25) is 11.9 Å². The first-order chi connectivity index (χ1) is 10.2. The Morgan fingerprint density at radius 3 is 2.52 bits per heavy atom. The molecule has 1 N–H and O–H groups in total. The molecule has 0 saturated heterocycles. The quantitative estimate of drug-likeness (QED) is 0.917. The minimum Gasteiger partial charge on any atom is -0.300 e. The Bertz CT molecular complexity index is 641. The summed E-state index contributed by atoms with van der Waals surface area (Å²) < 4.78 is 1.88. The normalized spacial score (nSPS) is 14.2. The lowest BCUT2D eigenvalue weighted by atomic mass is 10.1. The summed E-state index contributed by atoms with van der Waals surface area (Å²) in [7, 11) is 1.90. The summed E-state index contributed by atoms with van der Waals surface area (Å²) in [5, 5.41) is 11.1. The molecule has 21 heavy (non-hydrogen) atoms. The summed E-state index contributed by atoms with van der Waals surface area (Å²) in [6, 6.07) is 8.14. The SMILES string of the molecule is CCc1ccc(CC(=O)Nc2nnc(C3CC3)n2C)cc1. The summed E-state index contributed by atoms with van der Waals surface area (Å²) in [6.07, 6.45) is 3.71. The molecule has 5 nitrogen and oxygen atoms in total. The van der Waals surface area contributed by atoms with Crippen LogP contribution in [0, 0.1) is 0 Å². The minimum atomic E-state index is -0.0582. The number of carbonyl (C=O) groups is 1. The van der Waals surface area contributed by atoms with Crippen LogP contribution >= 0.6 is 0 Å². The van der Waals surface area contributed by atoms with Crippen molar-refractivity contribution in [3.8, 4) is 0 Å². The largest absolute Gasteiger partial charge is 0.300 e. The lowest BCUT2D eigenvalue weighted by Gasteiger charge is -2.06. The van der Waals surface area contributed by atoms with Crippen LogP contribution in [0.2, 0.25) is 0 Å². The molecule has 3 rings (SSSR count). The van der Waals surface area contributed by atoms with Gasteiger partial charge in [-0.1, -0.05) is 31.2 Å². The molecule has 1 fully saturated rings. The van der Waals surface area contributed by atoms with E-state index in [1.54, 1.807) is 0 Å². The molecule has 0 radical (unpaired) electrons. The Labute approximate surface area is 124 Å². The van der Waals surface area contributed by atoms with Crippen LogP contribution in [0.15, 0.2) is 24.3 Å². The first-order valence-corrected chi connectivity index (χ1v) is 7.44. The van der Waals surface area contributed by atoms with Crippen molar-refractivity contribution in [3.05, 3.63) is 41.2 Å². The predicted octanol–water partition coefficient (Wildman–Crippen LogP) is 2.44. The molecule has 1 heterocycles. The number of anilines is 1. The molecule has 1 aromatic carbocycles. The zero-order valence-corrected chi connectivity index (χ0v) is 12.5. The fraction of sp³-hybridized carbons (Fsp3) is 0.438. The Morgan fingerprint density at radius 1 is 1.24 bits per heavy atom. The Morgan fingerprint density at radius 2 is 1.90 bits per heavy atom. The molecule has 1 saturated carbocycles. The molecule has 0 spiro atoms. The first-order valence-electron chi connectivity index (χ1n) is 7.44. The number of nitrogens with one attached hydrogen (secondary N) is 1. The van der Waals surface area contributed by atoms with Gasteiger partial charge in [-0.3, -0.25) is 10.1 Å². The predicted molar refractivity (Wildman–Crippen MR) is 81.1 cm³/mol. The van der Waals surface area contributed by atoms with Crippen LogP contribution in [0.3, 0.4) is 0 Å². The smallest absolute Gasteiger partial charge is 0.231 e. The van der Waals surface area contributed by atoms with Crippen LogP contribution in [-0.4, -0.2) is 20.7 Å². The van der Waals surface area contributed by atoms with Gasteiger partial charge in [-0.05, 0) is 30.4 Å². The third kappa shape index (κ3) is 3.12. The number of aryl methyl sites for hydroxylation is 1. The second kappa shape index (κ2) is 5.68. The summed E-state index contributed by atoms with van der Waals surface area (Å²) >= 11 is 0. The van der Waals surface area contributed by atoms with Crippen molar-refractivity contribution in [2.24, 2.45) is 7.05 Å². The Hall–Kier alpha value is -2.17. The third-order valence-corrected chi connectivity index (χ3v) is 3.90. The van der Waals surface area contributed by atoms with E-state index in [9.17, 15) is 4.79 Å². The number of benzene rings is 1. The molecule has 0 bridgehead atoms. The summed E-state index contributed by atoms with van der Waals surface area (Å²) in [5.41, 5.74) is 2.29.